The topological polar surface area (TPSA) is 66.4 Å². The van der Waals surface area contributed by atoms with Crippen molar-refractivity contribution in [1.29, 1.82) is 0 Å². The van der Waals surface area contributed by atoms with Crippen molar-refractivity contribution in [3.8, 4) is 0 Å². The van der Waals surface area contributed by atoms with Gasteiger partial charge in [-0.3, -0.25) is 4.79 Å². The molecule has 0 fully saturated rings. The molecule has 0 radical (unpaired) electrons. The van der Waals surface area contributed by atoms with E-state index in [2.05, 4.69) is 11.9 Å². The van der Waals surface area contributed by atoms with Crippen molar-refractivity contribution in [3.05, 3.63) is 12.7 Å². The van der Waals surface area contributed by atoms with Gasteiger partial charge in [-0.05, 0) is 16.8 Å². The Bertz CT molecular complexity index is 197. The fourth-order valence-electron chi connectivity index (χ4n) is 0.468. The molecule has 4 nitrogen and oxygen atoms in total. The van der Waals surface area contributed by atoms with Crippen LogP contribution in [0.5, 0.6) is 0 Å². The molecular formula is C6H8ClNO3S. The third-order valence-corrected chi connectivity index (χ3v) is 1.87. The maximum absolute atomic E-state index is 10.7. The summed E-state index contributed by atoms with van der Waals surface area (Å²) in [6.07, 6.45) is 1.01. The van der Waals surface area contributed by atoms with Crippen molar-refractivity contribution in [1.82, 2.24) is 5.32 Å². The van der Waals surface area contributed by atoms with Crippen LogP contribution in [0.3, 0.4) is 0 Å². The van der Waals surface area contributed by atoms with Crippen LogP contribution in [0, 0.1) is 0 Å². The lowest BCUT2D eigenvalue weighted by Gasteiger charge is -2.09. The molecule has 0 saturated heterocycles. The Morgan fingerprint density at radius 3 is 2.67 bits per heavy atom. The average molecular weight is 210 g/mol. The van der Waals surface area contributed by atoms with Gasteiger partial charge in [0.25, 0.3) is 0 Å². The average Bonchev–Trinajstić information content (AvgIpc) is 2.03. The van der Waals surface area contributed by atoms with Gasteiger partial charge in [-0.2, -0.15) is 0 Å². The second kappa shape index (κ2) is 5.91. The quantitative estimate of drug-likeness (QED) is 0.652. The second-order valence-electron chi connectivity index (χ2n) is 1.88. The SMILES string of the molecule is C=CC(=O)NC(CSCl)C(=O)O. The molecule has 0 bridgehead atoms. The Balaban J connectivity index is 4.03. The molecule has 0 rings (SSSR count). The number of aliphatic carboxylic acids is 1. The summed E-state index contributed by atoms with van der Waals surface area (Å²) in [6.45, 7) is 3.19. The van der Waals surface area contributed by atoms with E-state index in [1.165, 1.54) is 0 Å². The summed E-state index contributed by atoms with van der Waals surface area (Å²) in [5.74, 6) is -1.51. The van der Waals surface area contributed by atoms with E-state index < -0.39 is 17.9 Å². The first-order valence-electron chi connectivity index (χ1n) is 3.01. The van der Waals surface area contributed by atoms with E-state index in [4.69, 9.17) is 15.8 Å². The molecule has 1 amide bonds. The molecule has 0 aliphatic carbocycles. The third-order valence-electron chi connectivity index (χ3n) is 1.03. The monoisotopic (exact) mass is 209 g/mol. The van der Waals surface area contributed by atoms with Gasteiger partial charge in [0.2, 0.25) is 5.91 Å². The first-order chi connectivity index (χ1) is 5.61. The van der Waals surface area contributed by atoms with E-state index in [9.17, 15) is 9.59 Å². The Hall–Kier alpha value is -0.680. The van der Waals surface area contributed by atoms with Gasteiger partial charge < -0.3 is 10.4 Å². The van der Waals surface area contributed by atoms with Gasteiger partial charge in [0.15, 0.2) is 0 Å². The molecule has 0 aliphatic heterocycles. The first kappa shape index (κ1) is 11.3. The van der Waals surface area contributed by atoms with Crippen LogP contribution in [0.2, 0.25) is 0 Å². The predicted molar refractivity (Wildman–Crippen MR) is 48.1 cm³/mol. The molecule has 6 heteroatoms. The smallest absolute Gasteiger partial charge is 0.327 e. The normalized spacial score (nSPS) is 11.8. The lowest BCUT2D eigenvalue weighted by molar-refractivity contribution is -0.140. The van der Waals surface area contributed by atoms with Gasteiger partial charge in [0.05, 0.1) is 0 Å². The van der Waals surface area contributed by atoms with Crippen molar-refractivity contribution in [3.63, 3.8) is 0 Å². The fourth-order valence-corrected chi connectivity index (χ4v) is 1.20. The van der Waals surface area contributed by atoms with Gasteiger partial charge in [0.1, 0.15) is 6.04 Å². The van der Waals surface area contributed by atoms with Crippen LogP contribution in [0.15, 0.2) is 12.7 Å². The van der Waals surface area contributed by atoms with Crippen LogP contribution in [-0.2, 0) is 9.59 Å². The minimum absolute atomic E-state index is 0.121. The number of amides is 1. The summed E-state index contributed by atoms with van der Waals surface area (Å²) in [7, 11) is 6.08. The molecule has 0 aromatic heterocycles. The second-order valence-corrected chi connectivity index (χ2v) is 3.09. The highest BCUT2D eigenvalue weighted by molar-refractivity contribution is 8.21. The highest BCUT2D eigenvalue weighted by atomic mass is 35.7. The molecule has 12 heavy (non-hydrogen) atoms. The lowest BCUT2D eigenvalue weighted by atomic mass is 10.3. The van der Waals surface area contributed by atoms with Crippen molar-refractivity contribution in [2.24, 2.45) is 0 Å². The van der Waals surface area contributed by atoms with Crippen molar-refractivity contribution in [2.75, 3.05) is 5.75 Å². The first-order valence-corrected chi connectivity index (χ1v) is 4.82. The summed E-state index contributed by atoms with van der Waals surface area (Å²) < 4.78 is 0. The van der Waals surface area contributed by atoms with Crippen molar-refractivity contribution < 1.29 is 14.7 Å². The van der Waals surface area contributed by atoms with E-state index in [1.54, 1.807) is 0 Å². The molecule has 0 aliphatic rings. The molecule has 68 valence electrons. The molecule has 0 aromatic carbocycles. The summed E-state index contributed by atoms with van der Waals surface area (Å²) in [4.78, 5) is 21.1. The summed E-state index contributed by atoms with van der Waals surface area (Å²) in [6, 6.07) is -0.960. The van der Waals surface area contributed by atoms with E-state index in [-0.39, 0.29) is 5.75 Å². The zero-order valence-electron chi connectivity index (χ0n) is 6.12. The Morgan fingerprint density at radius 1 is 1.75 bits per heavy atom. The number of nitrogens with one attached hydrogen (secondary N) is 1. The molecule has 0 aromatic rings. The van der Waals surface area contributed by atoms with Crippen LogP contribution < -0.4 is 5.32 Å². The highest BCUT2D eigenvalue weighted by Gasteiger charge is 2.17. The largest absolute Gasteiger partial charge is 0.480 e. The fraction of sp³-hybridized carbons (Fsp3) is 0.333. The Kier molecular flexibility index (Phi) is 5.57. The van der Waals surface area contributed by atoms with Gasteiger partial charge in [-0.1, -0.05) is 17.6 Å². The van der Waals surface area contributed by atoms with Crippen LogP contribution >= 0.6 is 21.7 Å². The Morgan fingerprint density at radius 2 is 2.33 bits per heavy atom. The number of hydrogen-bond acceptors (Lipinski definition) is 3. The van der Waals surface area contributed by atoms with E-state index in [0.29, 0.717) is 0 Å². The van der Waals surface area contributed by atoms with Gasteiger partial charge >= 0.3 is 5.97 Å². The lowest BCUT2D eigenvalue weighted by Crippen LogP contribution is -2.41. The van der Waals surface area contributed by atoms with E-state index in [1.807, 2.05) is 0 Å². The number of halogens is 1. The molecule has 0 heterocycles. The minimum atomic E-state index is -1.11. The van der Waals surface area contributed by atoms with Gasteiger partial charge in [-0.25, -0.2) is 4.79 Å². The number of carbonyl (C=O) groups excluding carboxylic acids is 1. The summed E-state index contributed by atoms with van der Waals surface area (Å²) >= 11 is 0. The van der Waals surface area contributed by atoms with Gasteiger partial charge in [-0.15, -0.1) is 0 Å². The molecule has 0 saturated carbocycles. The van der Waals surface area contributed by atoms with Crippen LogP contribution in [0.25, 0.3) is 0 Å². The minimum Gasteiger partial charge on any atom is -0.480 e. The molecular weight excluding hydrogens is 202 g/mol. The molecule has 0 spiro atoms. The standard InChI is InChI=1S/C6H8ClNO3S/c1-2-5(9)8-4(3-12-7)6(10)11/h2,4H,1,3H2,(H,8,9)(H,10,11). The molecule has 1 unspecified atom stereocenters. The number of rotatable bonds is 5. The number of carboxylic acids is 1. The summed E-state index contributed by atoms with van der Waals surface area (Å²) in [5.41, 5.74) is 0. The van der Waals surface area contributed by atoms with Crippen LogP contribution in [0.4, 0.5) is 0 Å². The summed E-state index contributed by atoms with van der Waals surface area (Å²) in [5, 5.41) is 10.7. The van der Waals surface area contributed by atoms with E-state index in [0.717, 1.165) is 17.1 Å². The van der Waals surface area contributed by atoms with E-state index >= 15 is 0 Å². The molecule has 2 N–H and O–H groups in total. The maximum Gasteiger partial charge on any atom is 0.327 e. The van der Waals surface area contributed by atoms with Crippen molar-refractivity contribution >= 4 is 33.5 Å². The highest BCUT2D eigenvalue weighted by Crippen LogP contribution is 2.07. The third kappa shape index (κ3) is 4.25. The zero-order chi connectivity index (χ0) is 9.56. The zero-order valence-corrected chi connectivity index (χ0v) is 7.69. The van der Waals surface area contributed by atoms with Crippen LogP contribution in [0.1, 0.15) is 0 Å². The molecule has 1 atom stereocenters. The van der Waals surface area contributed by atoms with Crippen molar-refractivity contribution in [2.45, 2.75) is 6.04 Å². The maximum atomic E-state index is 10.7. The number of carbonyl (C=O) groups is 2. The number of hydrogen-bond donors (Lipinski definition) is 2. The number of carboxylic acid groups (broad SMARTS) is 1. The Labute approximate surface area is 78.5 Å². The van der Waals surface area contributed by atoms with Crippen LogP contribution in [-0.4, -0.2) is 28.8 Å². The predicted octanol–water partition coefficient (Wildman–Crippen LogP) is 0.629. The van der Waals surface area contributed by atoms with Gasteiger partial charge in [0, 0.05) is 5.75 Å².